The Labute approximate surface area is 121 Å². The number of nitrogens with two attached hydrogens (primary N) is 1. The first kappa shape index (κ1) is 15.6. The summed E-state index contributed by atoms with van der Waals surface area (Å²) >= 11 is 17.5. The number of nitrogens with one attached hydrogen (secondary N) is 1. The molecule has 7 heteroatoms. The van der Waals surface area contributed by atoms with Gasteiger partial charge in [0, 0.05) is 5.92 Å². The van der Waals surface area contributed by atoms with E-state index in [2.05, 4.69) is 5.32 Å². The molecule has 0 aliphatic carbocycles. The van der Waals surface area contributed by atoms with E-state index in [0.29, 0.717) is 6.54 Å². The molecule has 1 atom stereocenters. The molecule has 0 radical (unpaired) electrons. The molecule has 3 N–H and O–H groups in total. The van der Waals surface area contributed by atoms with E-state index in [1.54, 1.807) is 31.5 Å². The molecule has 1 heterocycles. The van der Waals surface area contributed by atoms with E-state index in [1.165, 1.54) is 0 Å². The van der Waals surface area contributed by atoms with Crippen LogP contribution < -0.4 is 10.6 Å². The second-order valence-electron chi connectivity index (χ2n) is 4.20. The molecule has 1 rings (SSSR count). The Morgan fingerprint density at radius 2 is 2.17 bits per heavy atom. The molecule has 0 spiro atoms. The smallest absolute Gasteiger partial charge is 0.262 e. The standard InChI is InChI=1S/C11H15Cl3N2O2/c1-7(2)9(17)16-10(11(12,13)14)15-6-8-4-3-5-18-8/h3-5,7,10,15H,6H2,1-2H3,(H,16,17)/p+1/t10-/m0/s1. The Bertz CT molecular complexity index is 374. The molecule has 4 nitrogen and oxygen atoms in total. The Morgan fingerprint density at radius 3 is 2.61 bits per heavy atom. The van der Waals surface area contributed by atoms with Crippen molar-refractivity contribution in [3.63, 3.8) is 0 Å². The highest BCUT2D eigenvalue weighted by atomic mass is 35.6. The van der Waals surface area contributed by atoms with Crippen molar-refractivity contribution < 1.29 is 14.5 Å². The van der Waals surface area contributed by atoms with Gasteiger partial charge < -0.3 is 15.1 Å². The van der Waals surface area contributed by atoms with Crippen LogP contribution in [0.4, 0.5) is 0 Å². The van der Waals surface area contributed by atoms with Crippen molar-refractivity contribution >= 4 is 40.7 Å². The van der Waals surface area contributed by atoms with Gasteiger partial charge in [-0.1, -0.05) is 48.7 Å². The molecule has 18 heavy (non-hydrogen) atoms. The van der Waals surface area contributed by atoms with Crippen LogP contribution in [0, 0.1) is 5.92 Å². The highest BCUT2D eigenvalue weighted by molar-refractivity contribution is 6.68. The maximum absolute atomic E-state index is 11.6. The Hall–Kier alpha value is -0.420. The first-order chi connectivity index (χ1) is 8.30. The van der Waals surface area contributed by atoms with Gasteiger partial charge in [-0.3, -0.25) is 4.79 Å². The van der Waals surface area contributed by atoms with Crippen LogP contribution in [0.3, 0.4) is 0 Å². The lowest BCUT2D eigenvalue weighted by Crippen LogP contribution is -2.95. The Kier molecular flexibility index (Phi) is 5.79. The summed E-state index contributed by atoms with van der Waals surface area (Å²) in [5, 5.41) is 4.40. The first-order valence-electron chi connectivity index (χ1n) is 5.53. The number of rotatable bonds is 5. The molecule has 1 amide bonds. The predicted octanol–water partition coefficient (Wildman–Crippen LogP) is 1.81. The molecule has 102 valence electrons. The summed E-state index contributed by atoms with van der Waals surface area (Å²) in [4.78, 5) is 11.6. The van der Waals surface area contributed by atoms with Gasteiger partial charge in [0.15, 0.2) is 5.76 Å². The van der Waals surface area contributed by atoms with E-state index in [4.69, 9.17) is 39.2 Å². The lowest BCUT2D eigenvalue weighted by Gasteiger charge is -2.23. The summed E-state index contributed by atoms with van der Waals surface area (Å²) in [5.41, 5.74) is 0. The Balaban J connectivity index is 2.59. The summed E-state index contributed by atoms with van der Waals surface area (Å²) in [5.74, 6) is 0.409. The number of halogens is 3. The topological polar surface area (TPSA) is 58.9 Å². The zero-order valence-corrected chi connectivity index (χ0v) is 12.4. The van der Waals surface area contributed by atoms with Gasteiger partial charge in [0.05, 0.1) is 6.26 Å². The van der Waals surface area contributed by atoms with Crippen molar-refractivity contribution in [1.29, 1.82) is 0 Å². The van der Waals surface area contributed by atoms with Gasteiger partial charge in [0.2, 0.25) is 12.1 Å². The molecular weight excluding hydrogens is 298 g/mol. The van der Waals surface area contributed by atoms with Crippen LogP contribution in [0.15, 0.2) is 22.8 Å². The molecule has 0 aromatic carbocycles. The quantitative estimate of drug-likeness (QED) is 0.643. The minimum Gasteiger partial charge on any atom is -0.463 e. The molecule has 0 fully saturated rings. The van der Waals surface area contributed by atoms with Gasteiger partial charge >= 0.3 is 0 Å². The van der Waals surface area contributed by atoms with Crippen molar-refractivity contribution in [2.45, 2.75) is 30.4 Å². The highest BCUT2D eigenvalue weighted by Gasteiger charge is 2.37. The van der Waals surface area contributed by atoms with Gasteiger partial charge in [-0.25, -0.2) is 0 Å². The number of alkyl halides is 3. The minimum absolute atomic E-state index is 0.165. The molecule has 0 unspecified atom stereocenters. The monoisotopic (exact) mass is 313 g/mol. The zero-order valence-electron chi connectivity index (χ0n) is 10.1. The first-order valence-corrected chi connectivity index (χ1v) is 6.67. The number of quaternary nitrogens is 1. The van der Waals surface area contributed by atoms with Gasteiger partial charge in [-0.05, 0) is 12.1 Å². The average Bonchev–Trinajstić information content (AvgIpc) is 2.74. The molecule has 0 aliphatic rings. The van der Waals surface area contributed by atoms with Gasteiger partial charge in [-0.2, -0.15) is 0 Å². The van der Waals surface area contributed by atoms with Crippen molar-refractivity contribution in [3.05, 3.63) is 24.2 Å². The van der Waals surface area contributed by atoms with E-state index in [9.17, 15) is 4.79 Å². The van der Waals surface area contributed by atoms with E-state index >= 15 is 0 Å². The number of furan rings is 1. The summed E-state index contributed by atoms with van der Waals surface area (Å²) in [6.45, 7) is 4.03. The summed E-state index contributed by atoms with van der Waals surface area (Å²) in [7, 11) is 0. The normalized spacial score (nSPS) is 13.7. The predicted molar refractivity (Wildman–Crippen MR) is 71.4 cm³/mol. The van der Waals surface area contributed by atoms with E-state index in [1.807, 2.05) is 6.07 Å². The SMILES string of the molecule is CC(C)C(=O)N[C@H]([NH2+]Cc1ccco1)C(Cl)(Cl)Cl. The van der Waals surface area contributed by atoms with Gasteiger partial charge in [-0.15, -0.1) is 0 Å². The number of amides is 1. The van der Waals surface area contributed by atoms with E-state index in [0.717, 1.165) is 5.76 Å². The van der Waals surface area contributed by atoms with Crippen LogP contribution in [-0.2, 0) is 11.3 Å². The molecule has 0 saturated heterocycles. The fraction of sp³-hybridized carbons (Fsp3) is 0.545. The van der Waals surface area contributed by atoms with Crippen LogP contribution in [0.1, 0.15) is 19.6 Å². The second-order valence-corrected chi connectivity index (χ2v) is 6.57. The van der Waals surface area contributed by atoms with Crippen molar-refractivity contribution in [3.8, 4) is 0 Å². The molecule has 1 aromatic rings. The van der Waals surface area contributed by atoms with Gasteiger partial charge in [0.1, 0.15) is 6.54 Å². The minimum atomic E-state index is -1.59. The second kappa shape index (κ2) is 6.66. The molecule has 1 aromatic heterocycles. The largest absolute Gasteiger partial charge is 0.463 e. The summed E-state index contributed by atoms with van der Waals surface area (Å²) in [6, 6.07) is 3.59. The summed E-state index contributed by atoms with van der Waals surface area (Å²) < 4.78 is 3.59. The third-order valence-corrected chi connectivity index (χ3v) is 3.01. The fourth-order valence-electron chi connectivity index (χ4n) is 1.26. The maximum atomic E-state index is 11.6. The van der Waals surface area contributed by atoms with Crippen LogP contribution in [0.25, 0.3) is 0 Å². The molecular formula is C11H16Cl3N2O2+. The lowest BCUT2D eigenvalue weighted by atomic mass is 10.2. The average molecular weight is 315 g/mol. The number of hydrogen-bond donors (Lipinski definition) is 2. The third kappa shape index (κ3) is 5.06. The highest BCUT2D eigenvalue weighted by Crippen LogP contribution is 2.27. The number of hydrogen-bond acceptors (Lipinski definition) is 2. The van der Waals surface area contributed by atoms with E-state index < -0.39 is 9.96 Å². The molecule has 0 aliphatic heterocycles. The summed E-state index contributed by atoms with van der Waals surface area (Å²) in [6.07, 6.45) is 0.905. The van der Waals surface area contributed by atoms with Crippen LogP contribution in [-0.4, -0.2) is 15.9 Å². The van der Waals surface area contributed by atoms with Crippen molar-refractivity contribution in [2.24, 2.45) is 5.92 Å². The van der Waals surface area contributed by atoms with Gasteiger partial charge in [0.25, 0.3) is 3.79 Å². The third-order valence-electron chi connectivity index (χ3n) is 2.31. The number of carbonyl (C=O) groups is 1. The van der Waals surface area contributed by atoms with E-state index in [-0.39, 0.29) is 11.8 Å². The van der Waals surface area contributed by atoms with Crippen LogP contribution in [0.2, 0.25) is 0 Å². The fourth-order valence-corrected chi connectivity index (χ4v) is 1.69. The lowest BCUT2D eigenvalue weighted by molar-refractivity contribution is -0.708. The van der Waals surface area contributed by atoms with Crippen LogP contribution >= 0.6 is 34.8 Å². The molecule has 0 saturated carbocycles. The molecule has 0 bridgehead atoms. The zero-order chi connectivity index (χ0) is 13.8. The van der Waals surface area contributed by atoms with Crippen molar-refractivity contribution in [2.75, 3.05) is 0 Å². The maximum Gasteiger partial charge on any atom is 0.262 e. The van der Waals surface area contributed by atoms with Crippen LogP contribution in [0.5, 0.6) is 0 Å². The number of carbonyl (C=O) groups excluding carboxylic acids is 1. The van der Waals surface area contributed by atoms with Crippen molar-refractivity contribution in [1.82, 2.24) is 5.32 Å². The Morgan fingerprint density at radius 1 is 1.50 bits per heavy atom.